The Morgan fingerprint density at radius 2 is 1.79 bits per heavy atom. The second-order valence-corrected chi connectivity index (χ2v) is 8.83. The van der Waals surface area contributed by atoms with E-state index in [0.29, 0.717) is 5.56 Å². The maximum atomic E-state index is 12.2. The molecule has 1 amide bonds. The smallest absolute Gasteiger partial charge is 0.338 e. The highest BCUT2D eigenvalue weighted by Crippen LogP contribution is 2.16. The van der Waals surface area contributed by atoms with E-state index in [2.05, 4.69) is 5.32 Å². The normalized spacial score (nSPS) is 12.2. The third-order valence-corrected chi connectivity index (χ3v) is 5.42. The summed E-state index contributed by atoms with van der Waals surface area (Å²) < 4.78 is 28.4. The zero-order valence-electron chi connectivity index (χ0n) is 16.3. The minimum absolute atomic E-state index is 0.0315. The zero-order chi connectivity index (χ0) is 20.7. The fourth-order valence-corrected chi connectivity index (χ4v) is 3.32. The summed E-state index contributed by atoms with van der Waals surface area (Å²) in [4.78, 5) is 24.3. The van der Waals surface area contributed by atoms with Gasteiger partial charge < -0.3 is 10.1 Å². The van der Waals surface area contributed by atoms with Crippen molar-refractivity contribution in [2.75, 3.05) is 12.9 Å². The van der Waals surface area contributed by atoms with Gasteiger partial charge in [-0.1, -0.05) is 36.4 Å². The summed E-state index contributed by atoms with van der Waals surface area (Å²) in [6, 6.07) is 14.1. The summed E-state index contributed by atoms with van der Waals surface area (Å²) in [6.45, 7) is 3.15. The molecule has 2 aromatic carbocycles. The second kappa shape index (κ2) is 9.50. The first-order valence-electron chi connectivity index (χ1n) is 8.98. The number of hydrogen-bond acceptors (Lipinski definition) is 5. The number of rotatable bonds is 8. The van der Waals surface area contributed by atoms with E-state index in [4.69, 9.17) is 4.74 Å². The molecule has 0 radical (unpaired) electrons. The van der Waals surface area contributed by atoms with Gasteiger partial charge in [0.15, 0.2) is 16.4 Å². The molecule has 0 spiro atoms. The van der Waals surface area contributed by atoms with E-state index in [0.717, 1.165) is 19.1 Å². The topological polar surface area (TPSA) is 89.5 Å². The van der Waals surface area contributed by atoms with Crippen LogP contribution in [0.25, 0.3) is 0 Å². The third-order valence-electron chi connectivity index (χ3n) is 4.31. The lowest BCUT2D eigenvalue weighted by molar-refractivity contribution is -0.124. The minimum atomic E-state index is -3.44. The van der Waals surface area contributed by atoms with Crippen LogP contribution in [0.1, 0.15) is 34.8 Å². The Hall–Kier alpha value is -2.67. The summed E-state index contributed by atoms with van der Waals surface area (Å²) in [5.74, 6) is -1.12. The van der Waals surface area contributed by atoms with Crippen LogP contribution in [0.4, 0.5) is 0 Å². The van der Waals surface area contributed by atoms with Gasteiger partial charge in [0.25, 0.3) is 5.91 Å². The van der Waals surface area contributed by atoms with E-state index in [1.165, 1.54) is 17.7 Å². The number of hydrogen-bond donors (Lipinski definition) is 1. The molecule has 0 aliphatic rings. The molecular formula is C21H25NO5S. The van der Waals surface area contributed by atoms with Crippen LogP contribution in [0, 0.1) is 6.92 Å². The van der Waals surface area contributed by atoms with Crippen LogP contribution < -0.4 is 5.32 Å². The molecule has 0 saturated carbocycles. The SMILES string of the molecule is Cc1ccc(S(C)(=O)=O)cc1C(=O)OCC(=O)N[C@H](C)CCc1ccccc1. The lowest BCUT2D eigenvalue weighted by Gasteiger charge is -2.14. The largest absolute Gasteiger partial charge is 0.452 e. The number of nitrogens with one attached hydrogen (secondary N) is 1. The van der Waals surface area contributed by atoms with E-state index in [9.17, 15) is 18.0 Å². The molecule has 0 fully saturated rings. The molecule has 6 nitrogen and oxygen atoms in total. The Kier molecular flexibility index (Phi) is 7.34. The van der Waals surface area contributed by atoms with Crippen molar-refractivity contribution in [1.29, 1.82) is 0 Å². The number of ether oxygens (including phenoxy) is 1. The Morgan fingerprint density at radius 3 is 2.43 bits per heavy atom. The van der Waals surface area contributed by atoms with Gasteiger partial charge in [0.2, 0.25) is 0 Å². The molecule has 150 valence electrons. The zero-order valence-corrected chi connectivity index (χ0v) is 17.1. The number of amides is 1. The highest BCUT2D eigenvalue weighted by Gasteiger charge is 2.17. The van der Waals surface area contributed by atoms with Crippen molar-refractivity contribution >= 4 is 21.7 Å². The fourth-order valence-electron chi connectivity index (χ4n) is 2.68. The molecule has 1 atom stereocenters. The van der Waals surface area contributed by atoms with Gasteiger partial charge in [-0.2, -0.15) is 0 Å². The van der Waals surface area contributed by atoms with Gasteiger partial charge in [-0.3, -0.25) is 4.79 Å². The fraction of sp³-hybridized carbons (Fsp3) is 0.333. The molecule has 2 aromatic rings. The van der Waals surface area contributed by atoms with Crippen LogP contribution in [-0.2, 0) is 25.8 Å². The van der Waals surface area contributed by atoms with Crippen molar-refractivity contribution in [3.63, 3.8) is 0 Å². The van der Waals surface area contributed by atoms with Crippen molar-refractivity contribution < 1.29 is 22.7 Å². The molecule has 1 N–H and O–H groups in total. The van der Waals surface area contributed by atoms with E-state index in [-0.39, 0.29) is 16.5 Å². The lowest BCUT2D eigenvalue weighted by Crippen LogP contribution is -2.36. The van der Waals surface area contributed by atoms with Gasteiger partial charge in [0.1, 0.15) is 0 Å². The average Bonchev–Trinajstić information content (AvgIpc) is 2.64. The molecular weight excluding hydrogens is 378 g/mol. The molecule has 0 aliphatic heterocycles. The Balaban J connectivity index is 1.86. The molecule has 7 heteroatoms. The Morgan fingerprint density at radius 1 is 1.11 bits per heavy atom. The van der Waals surface area contributed by atoms with Gasteiger partial charge >= 0.3 is 5.97 Å². The highest BCUT2D eigenvalue weighted by atomic mass is 32.2. The molecule has 0 aromatic heterocycles. The van der Waals surface area contributed by atoms with Crippen LogP contribution in [0.3, 0.4) is 0 Å². The minimum Gasteiger partial charge on any atom is -0.452 e. The van der Waals surface area contributed by atoms with E-state index < -0.39 is 28.3 Å². The monoisotopic (exact) mass is 403 g/mol. The maximum Gasteiger partial charge on any atom is 0.338 e. The molecule has 0 saturated heterocycles. The molecule has 28 heavy (non-hydrogen) atoms. The molecule has 0 bridgehead atoms. The summed E-state index contributed by atoms with van der Waals surface area (Å²) in [5.41, 5.74) is 1.90. The quantitative estimate of drug-likeness (QED) is 0.685. The maximum absolute atomic E-state index is 12.2. The van der Waals surface area contributed by atoms with Crippen molar-refractivity contribution in [1.82, 2.24) is 5.32 Å². The van der Waals surface area contributed by atoms with Crippen LogP contribution >= 0.6 is 0 Å². The van der Waals surface area contributed by atoms with Gasteiger partial charge in [0, 0.05) is 12.3 Å². The summed E-state index contributed by atoms with van der Waals surface area (Å²) in [7, 11) is -3.44. The van der Waals surface area contributed by atoms with Gasteiger partial charge in [-0.25, -0.2) is 13.2 Å². The van der Waals surface area contributed by atoms with E-state index in [1.54, 1.807) is 13.0 Å². The highest BCUT2D eigenvalue weighted by molar-refractivity contribution is 7.90. The van der Waals surface area contributed by atoms with E-state index >= 15 is 0 Å². The van der Waals surface area contributed by atoms with Gasteiger partial charge in [0.05, 0.1) is 10.5 Å². The van der Waals surface area contributed by atoms with Crippen molar-refractivity contribution in [3.8, 4) is 0 Å². The Bertz CT molecular complexity index is 939. The average molecular weight is 404 g/mol. The standard InChI is InChI=1S/C21H25NO5S/c1-15-9-12-18(28(3,25)26)13-19(15)21(24)27-14-20(23)22-16(2)10-11-17-7-5-4-6-8-17/h4-9,12-13,16H,10-11,14H2,1-3H3,(H,22,23)/t16-/m1/s1. The predicted molar refractivity (Wildman–Crippen MR) is 107 cm³/mol. The predicted octanol–water partition coefficient (Wildman–Crippen LogP) is 2.69. The van der Waals surface area contributed by atoms with Crippen molar-refractivity contribution in [3.05, 3.63) is 65.2 Å². The number of aryl methyl sites for hydroxylation is 2. The summed E-state index contributed by atoms with van der Waals surface area (Å²) >= 11 is 0. The molecule has 0 heterocycles. The first-order valence-corrected chi connectivity index (χ1v) is 10.9. The summed E-state index contributed by atoms with van der Waals surface area (Å²) in [5, 5.41) is 2.80. The van der Waals surface area contributed by atoms with E-state index in [1.807, 2.05) is 37.3 Å². The van der Waals surface area contributed by atoms with Crippen LogP contribution in [0.2, 0.25) is 0 Å². The first-order chi connectivity index (χ1) is 13.2. The van der Waals surface area contributed by atoms with Crippen LogP contribution in [0.15, 0.2) is 53.4 Å². The number of benzene rings is 2. The van der Waals surface area contributed by atoms with Crippen molar-refractivity contribution in [2.24, 2.45) is 0 Å². The number of sulfone groups is 1. The Labute approximate surface area is 165 Å². The number of esters is 1. The lowest BCUT2D eigenvalue weighted by atomic mass is 10.1. The summed E-state index contributed by atoms with van der Waals surface area (Å²) in [6.07, 6.45) is 2.66. The van der Waals surface area contributed by atoms with Crippen LogP contribution in [-0.4, -0.2) is 39.2 Å². The molecule has 0 unspecified atom stereocenters. The number of carbonyl (C=O) groups is 2. The molecule has 0 aliphatic carbocycles. The second-order valence-electron chi connectivity index (χ2n) is 6.82. The van der Waals surface area contributed by atoms with Crippen LogP contribution in [0.5, 0.6) is 0 Å². The number of carbonyl (C=O) groups excluding carboxylic acids is 2. The van der Waals surface area contributed by atoms with Crippen molar-refractivity contribution in [2.45, 2.75) is 37.6 Å². The molecule has 2 rings (SSSR count). The van der Waals surface area contributed by atoms with Gasteiger partial charge in [-0.15, -0.1) is 0 Å². The van der Waals surface area contributed by atoms with Gasteiger partial charge in [-0.05, 0) is 49.9 Å². The third kappa shape index (κ3) is 6.49. The first kappa shape index (κ1) is 21.6.